The molecule has 3 rings (SSSR count). The quantitative estimate of drug-likeness (QED) is 0.647. The average Bonchev–Trinajstić information content (AvgIpc) is 2.77. The fraction of sp³-hybridized carbons (Fsp3) is 0.435. The van der Waals surface area contributed by atoms with Crippen LogP contribution in [0.4, 0.5) is 0 Å². The van der Waals surface area contributed by atoms with Crippen molar-refractivity contribution in [1.29, 1.82) is 0 Å². The van der Waals surface area contributed by atoms with Crippen LogP contribution in [0.15, 0.2) is 60.7 Å². The number of carbonyl (C=O) groups is 1. The van der Waals surface area contributed by atoms with Gasteiger partial charge in [-0.15, -0.1) is 0 Å². The number of hydrogen-bond acceptors (Lipinski definition) is 4. The van der Waals surface area contributed by atoms with Gasteiger partial charge in [0.25, 0.3) is 0 Å². The molecule has 1 atom stereocenters. The predicted molar refractivity (Wildman–Crippen MR) is 119 cm³/mol. The van der Waals surface area contributed by atoms with Crippen molar-refractivity contribution in [1.82, 2.24) is 14.1 Å². The van der Waals surface area contributed by atoms with Crippen LogP contribution in [0, 0.1) is 0 Å². The van der Waals surface area contributed by atoms with Gasteiger partial charge in [0.15, 0.2) is 0 Å². The summed E-state index contributed by atoms with van der Waals surface area (Å²) in [5.74, 6) is 0.102. The number of sulfonamides is 1. The van der Waals surface area contributed by atoms with Crippen molar-refractivity contribution in [3.05, 3.63) is 71.8 Å². The van der Waals surface area contributed by atoms with E-state index in [4.69, 9.17) is 0 Å². The smallest absolute Gasteiger partial charge is 0.239 e. The largest absolute Gasteiger partial charge is 0.337 e. The Morgan fingerprint density at radius 3 is 2.00 bits per heavy atom. The number of nitrogens with zero attached hydrogens (tertiary/aromatic N) is 3. The molecular weight excluding hydrogens is 398 g/mol. The van der Waals surface area contributed by atoms with Crippen LogP contribution in [0.5, 0.6) is 0 Å². The normalized spacial score (nSPS) is 16.9. The number of amides is 1. The average molecular weight is 430 g/mol. The second-order valence-corrected chi connectivity index (χ2v) is 9.66. The molecule has 2 aromatic rings. The minimum absolute atomic E-state index is 0.0169. The van der Waals surface area contributed by atoms with Gasteiger partial charge in [-0.3, -0.25) is 9.69 Å². The summed E-state index contributed by atoms with van der Waals surface area (Å²) in [6, 6.07) is 19.0. The van der Waals surface area contributed by atoms with Crippen molar-refractivity contribution in [3.8, 4) is 0 Å². The van der Waals surface area contributed by atoms with E-state index in [-0.39, 0.29) is 17.7 Å². The molecule has 1 amide bonds. The second kappa shape index (κ2) is 10.2. The predicted octanol–water partition coefficient (Wildman–Crippen LogP) is 2.57. The van der Waals surface area contributed by atoms with Crippen LogP contribution in [-0.2, 0) is 27.1 Å². The first kappa shape index (κ1) is 22.5. The van der Waals surface area contributed by atoms with Crippen molar-refractivity contribution < 1.29 is 13.2 Å². The van der Waals surface area contributed by atoms with Crippen LogP contribution >= 0.6 is 0 Å². The van der Waals surface area contributed by atoms with E-state index in [1.54, 1.807) is 4.31 Å². The fourth-order valence-corrected chi connectivity index (χ4v) is 5.33. The molecule has 1 fully saturated rings. The summed E-state index contributed by atoms with van der Waals surface area (Å²) in [7, 11) is -3.36. The Kier molecular flexibility index (Phi) is 7.64. The Balaban J connectivity index is 1.56. The van der Waals surface area contributed by atoms with Crippen molar-refractivity contribution in [2.24, 2.45) is 0 Å². The lowest BCUT2D eigenvalue weighted by atomic mass is 10.1. The molecule has 0 bridgehead atoms. The fourth-order valence-electron chi connectivity index (χ4n) is 3.81. The first-order valence-corrected chi connectivity index (χ1v) is 12.1. The van der Waals surface area contributed by atoms with Gasteiger partial charge in [0, 0.05) is 39.3 Å². The van der Waals surface area contributed by atoms with Gasteiger partial charge >= 0.3 is 0 Å². The maximum Gasteiger partial charge on any atom is 0.239 e. The Hall–Kier alpha value is -2.22. The lowest BCUT2D eigenvalue weighted by Crippen LogP contribution is -2.55. The van der Waals surface area contributed by atoms with E-state index in [1.807, 2.05) is 79.4 Å². The van der Waals surface area contributed by atoms with Crippen molar-refractivity contribution >= 4 is 15.9 Å². The van der Waals surface area contributed by atoms with E-state index in [2.05, 4.69) is 4.90 Å². The number of benzene rings is 2. The molecule has 0 spiro atoms. The zero-order valence-corrected chi connectivity index (χ0v) is 18.6. The molecule has 0 unspecified atom stereocenters. The first-order chi connectivity index (χ1) is 14.4. The summed E-state index contributed by atoms with van der Waals surface area (Å²) >= 11 is 0. The Bertz CT molecular complexity index is 911. The first-order valence-electron chi connectivity index (χ1n) is 10.5. The lowest BCUT2D eigenvalue weighted by Gasteiger charge is -2.38. The summed E-state index contributed by atoms with van der Waals surface area (Å²) in [5, 5.41) is 0. The van der Waals surface area contributed by atoms with Crippen molar-refractivity contribution in [2.45, 2.75) is 32.2 Å². The number of likely N-dealkylation sites (N-methyl/N-ethyl adjacent to an activating group) is 1. The second-order valence-electron chi connectivity index (χ2n) is 7.69. The van der Waals surface area contributed by atoms with E-state index >= 15 is 0 Å². The summed E-state index contributed by atoms with van der Waals surface area (Å²) in [6.07, 6.45) is 0. The molecule has 1 heterocycles. The van der Waals surface area contributed by atoms with Crippen LogP contribution in [0.3, 0.4) is 0 Å². The molecule has 30 heavy (non-hydrogen) atoms. The van der Waals surface area contributed by atoms with Gasteiger partial charge in [0.05, 0.1) is 11.8 Å². The molecule has 1 aliphatic rings. The van der Waals surface area contributed by atoms with Crippen LogP contribution in [0.2, 0.25) is 0 Å². The number of carbonyl (C=O) groups excluding carboxylic acids is 1. The van der Waals surface area contributed by atoms with Crippen LogP contribution in [-0.4, -0.2) is 67.2 Å². The molecular formula is C23H31N3O3S. The van der Waals surface area contributed by atoms with E-state index < -0.39 is 10.0 Å². The minimum atomic E-state index is -3.36. The summed E-state index contributed by atoms with van der Waals surface area (Å²) in [4.78, 5) is 17.0. The zero-order valence-electron chi connectivity index (χ0n) is 17.8. The third kappa shape index (κ3) is 5.68. The Morgan fingerprint density at radius 1 is 0.933 bits per heavy atom. The van der Waals surface area contributed by atoms with Crippen LogP contribution < -0.4 is 0 Å². The van der Waals surface area contributed by atoms with Crippen molar-refractivity contribution in [3.63, 3.8) is 0 Å². The summed E-state index contributed by atoms with van der Waals surface area (Å²) < 4.78 is 27.1. The number of rotatable bonds is 8. The van der Waals surface area contributed by atoms with Gasteiger partial charge < -0.3 is 4.90 Å². The highest BCUT2D eigenvalue weighted by molar-refractivity contribution is 7.88. The highest BCUT2D eigenvalue weighted by atomic mass is 32.2. The topological polar surface area (TPSA) is 60.9 Å². The standard InChI is InChI=1S/C23H31N3O3S/c1-3-24(18-21-10-6-4-7-11-21)23(27)20(2)25-14-16-26(17-15-25)30(28,29)19-22-12-8-5-9-13-22/h4-13,20H,3,14-19H2,1-2H3/t20-/m0/s1. The monoisotopic (exact) mass is 429 g/mol. The minimum Gasteiger partial charge on any atom is -0.337 e. The Morgan fingerprint density at radius 2 is 1.47 bits per heavy atom. The molecule has 0 aromatic heterocycles. The van der Waals surface area contributed by atoms with E-state index in [0.717, 1.165) is 11.1 Å². The Labute approximate surface area is 180 Å². The molecule has 0 radical (unpaired) electrons. The van der Waals surface area contributed by atoms with E-state index in [0.29, 0.717) is 39.3 Å². The summed E-state index contributed by atoms with van der Waals surface area (Å²) in [5.41, 5.74) is 1.90. The van der Waals surface area contributed by atoms with Gasteiger partial charge in [-0.05, 0) is 25.0 Å². The molecule has 1 aliphatic heterocycles. The van der Waals surface area contributed by atoms with Gasteiger partial charge in [-0.1, -0.05) is 60.7 Å². The van der Waals surface area contributed by atoms with Gasteiger partial charge in [0.1, 0.15) is 0 Å². The highest BCUT2D eigenvalue weighted by Crippen LogP contribution is 2.16. The molecule has 7 heteroatoms. The zero-order chi connectivity index (χ0) is 21.6. The number of piperazine rings is 1. The van der Waals surface area contributed by atoms with E-state index in [1.165, 1.54) is 0 Å². The lowest BCUT2D eigenvalue weighted by molar-refractivity contribution is -0.137. The van der Waals surface area contributed by atoms with Gasteiger partial charge in [-0.25, -0.2) is 8.42 Å². The van der Waals surface area contributed by atoms with E-state index in [9.17, 15) is 13.2 Å². The molecule has 0 aliphatic carbocycles. The maximum atomic E-state index is 13.0. The van der Waals surface area contributed by atoms with Crippen LogP contribution in [0.25, 0.3) is 0 Å². The molecule has 6 nitrogen and oxygen atoms in total. The highest BCUT2D eigenvalue weighted by Gasteiger charge is 2.32. The van der Waals surface area contributed by atoms with Gasteiger partial charge in [-0.2, -0.15) is 4.31 Å². The third-order valence-corrected chi connectivity index (χ3v) is 7.52. The molecule has 2 aromatic carbocycles. The SMILES string of the molecule is CCN(Cc1ccccc1)C(=O)[C@H](C)N1CCN(S(=O)(=O)Cc2ccccc2)CC1. The molecule has 162 valence electrons. The van der Waals surface area contributed by atoms with Crippen molar-refractivity contribution in [2.75, 3.05) is 32.7 Å². The maximum absolute atomic E-state index is 13.0. The number of hydrogen-bond donors (Lipinski definition) is 0. The molecule has 1 saturated heterocycles. The van der Waals surface area contributed by atoms with Crippen LogP contribution in [0.1, 0.15) is 25.0 Å². The summed E-state index contributed by atoms with van der Waals surface area (Å²) in [6.45, 7) is 7.09. The molecule has 0 saturated carbocycles. The third-order valence-electron chi connectivity index (χ3n) is 5.67. The van der Waals surface area contributed by atoms with Gasteiger partial charge in [0.2, 0.25) is 15.9 Å². The molecule has 0 N–H and O–H groups in total.